The first kappa shape index (κ1) is 11.1. The number of nitrogens with zero attached hydrogens (tertiary/aromatic N) is 1. The molecule has 1 aromatic rings. The van der Waals surface area contributed by atoms with Crippen LogP contribution in [0.1, 0.15) is 13.8 Å². The summed E-state index contributed by atoms with van der Waals surface area (Å²) in [7, 11) is 0. The number of rotatable bonds is 3. The second-order valence-electron chi connectivity index (χ2n) is 3.03. The molecule has 0 bridgehead atoms. The van der Waals surface area contributed by atoms with Crippen molar-refractivity contribution in [2.24, 2.45) is 0 Å². The third-order valence-electron chi connectivity index (χ3n) is 1.99. The zero-order valence-corrected chi connectivity index (χ0v) is 9.16. The number of para-hydroxylation sites is 1. The summed E-state index contributed by atoms with van der Waals surface area (Å²) < 4.78 is 0. The molecule has 0 unspecified atom stereocenters. The van der Waals surface area contributed by atoms with E-state index in [1.807, 2.05) is 37.3 Å². The maximum Gasteiger partial charge on any atom is 0.244 e. The van der Waals surface area contributed by atoms with E-state index in [0.717, 1.165) is 5.69 Å². The molecule has 2 nitrogen and oxygen atoms in total. The largest absolute Gasteiger partial charge is 0.311 e. The van der Waals surface area contributed by atoms with Gasteiger partial charge >= 0.3 is 0 Å². The van der Waals surface area contributed by atoms with E-state index in [9.17, 15) is 4.79 Å². The van der Waals surface area contributed by atoms with Gasteiger partial charge in [0.25, 0.3) is 0 Å². The van der Waals surface area contributed by atoms with Gasteiger partial charge in [0.15, 0.2) is 0 Å². The second kappa shape index (κ2) is 5.01. The minimum atomic E-state index is -0.477. The van der Waals surface area contributed by atoms with Crippen LogP contribution in [0.4, 0.5) is 5.69 Å². The number of hydrogen-bond acceptors (Lipinski definition) is 1. The zero-order chi connectivity index (χ0) is 10.6. The number of halogens is 1. The van der Waals surface area contributed by atoms with Crippen molar-refractivity contribution in [3.63, 3.8) is 0 Å². The Labute approximate surface area is 89.5 Å². The summed E-state index contributed by atoms with van der Waals surface area (Å²) in [4.78, 5) is 13.3. The third kappa shape index (κ3) is 2.48. The van der Waals surface area contributed by atoms with Crippen molar-refractivity contribution in [3.8, 4) is 0 Å². The van der Waals surface area contributed by atoms with Crippen LogP contribution in [0.3, 0.4) is 0 Å². The van der Waals surface area contributed by atoms with Gasteiger partial charge in [-0.3, -0.25) is 4.79 Å². The maximum atomic E-state index is 11.7. The Hall–Kier alpha value is -1.02. The number of anilines is 1. The maximum absolute atomic E-state index is 11.7. The van der Waals surface area contributed by atoms with Crippen LogP contribution in [0.25, 0.3) is 0 Å². The van der Waals surface area contributed by atoms with E-state index in [1.165, 1.54) is 0 Å². The van der Waals surface area contributed by atoms with Gasteiger partial charge < -0.3 is 4.90 Å². The van der Waals surface area contributed by atoms with Gasteiger partial charge in [0.1, 0.15) is 5.38 Å². The number of carbonyl (C=O) groups excluding carboxylic acids is 1. The van der Waals surface area contributed by atoms with Crippen LogP contribution >= 0.6 is 11.6 Å². The monoisotopic (exact) mass is 211 g/mol. The van der Waals surface area contributed by atoms with E-state index in [-0.39, 0.29) is 5.91 Å². The van der Waals surface area contributed by atoms with Gasteiger partial charge in [0, 0.05) is 12.2 Å². The minimum absolute atomic E-state index is 0.0552. The average molecular weight is 212 g/mol. The van der Waals surface area contributed by atoms with E-state index in [1.54, 1.807) is 11.8 Å². The summed E-state index contributed by atoms with van der Waals surface area (Å²) in [6.45, 7) is 4.26. The molecule has 0 spiro atoms. The predicted molar refractivity (Wildman–Crippen MR) is 59.8 cm³/mol. The van der Waals surface area contributed by atoms with Crippen LogP contribution in [0, 0.1) is 0 Å². The molecule has 1 amide bonds. The Balaban J connectivity index is 2.88. The van der Waals surface area contributed by atoms with Crippen molar-refractivity contribution < 1.29 is 4.79 Å². The lowest BCUT2D eigenvalue weighted by Crippen LogP contribution is -2.35. The van der Waals surface area contributed by atoms with Crippen molar-refractivity contribution in [1.29, 1.82) is 0 Å². The highest BCUT2D eigenvalue weighted by atomic mass is 35.5. The van der Waals surface area contributed by atoms with Crippen LogP contribution in [-0.2, 0) is 4.79 Å². The summed E-state index contributed by atoms with van der Waals surface area (Å²) in [6, 6.07) is 9.54. The van der Waals surface area contributed by atoms with Crippen LogP contribution in [-0.4, -0.2) is 17.8 Å². The Morgan fingerprint density at radius 3 is 2.43 bits per heavy atom. The highest BCUT2D eigenvalue weighted by Crippen LogP contribution is 2.15. The normalized spacial score (nSPS) is 12.2. The fraction of sp³-hybridized carbons (Fsp3) is 0.364. The fourth-order valence-electron chi connectivity index (χ4n) is 1.29. The molecular formula is C11H14ClNO. The molecule has 0 radical (unpaired) electrons. The molecule has 0 heterocycles. The standard InChI is InChI=1S/C11H14ClNO/c1-3-13(11(14)9(2)12)10-7-5-4-6-8-10/h4-9H,3H2,1-2H3/t9-/m1/s1. The van der Waals surface area contributed by atoms with Crippen molar-refractivity contribution >= 4 is 23.2 Å². The third-order valence-corrected chi connectivity index (χ3v) is 2.18. The van der Waals surface area contributed by atoms with Crippen LogP contribution < -0.4 is 4.90 Å². The van der Waals surface area contributed by atoms with Crippen LogP contribution in [0.2, 0.25) is 0 Å². The summed E-state index contributed by atoms with van der Waals surface area (Å²) in [5, 5.41) is -0.477. The molecule has 1 rings (SSSR count). The van der Waals surface area contributed by atoms with E-state index in [2.05, 4.69) is 0 Å². The van der Waals surface area contributed by atoms with Gasteiger partial charge in [0.05, 0.1) is 0 Å². The molecule has 76 valence electrons. The van der Waals surface area contributed by atoms with Gasteiger partial charge in [0.2, 0.25) is 5.91 Å². The van der Waals surface area contributed by atoms with Crippen molar-refractivity contribution in [2.75, 3.05) is 11.4 Å². The van der Waals surface area contributed by atoms with Gasteiger partial charge in [-0.2, -0.15) is 0 Å². The van der Waals surface area contributed by atoms with E-state index in [4.69, 9.17) is 11.6 Å². The van der Waals surface area contributed by atoms with Gasteiger partial charge in [-0.05, 0) is 26.0 Å². The highest BCUT2D eigenvalue weighted by Gasteiger charge is 2.17. The quantitative estimate of drug-likeness (QED) is 0.704. The van der Waals surface area contributed by atoms with Crippen molar-refractivity contribution in [3.05, 3.63) is 30.3 Å². The summed E-state index contributed by atoms with van der Waals surface area (Å²) in [5.41, 5.74) is 0.896. The molecule has 0 aliphatic carbocycles. The number of benzene rings is 1. The summed E-state index contributed by atoms with van der Waals surface area (Å²) in [5.74, 6) is -0.0552. The van der Waals surface area contributed by atoms with E-state index < -0.39 is 5.38 Å². The first-order valence-electron chi connectivity index (χ1n) is 4.67. The number of hydrogen-bond donors (Lipinski definition) is 0. The Morgan fingerprint density at radius 2 is 2.00 bits per heavy atom. The SMILES string of the molecule is CCN(C(=O)[C@@H](C)Cl)c1ccccc1. The molecule has 3 heteroatoms. The molecule has 1 atom stereocenters. The minimum Gasteiger partial charge on any atom is -0.311 e. The zero-order valence-electron chi connectivity index (χ0n) is 8.40. The number of alkyl halides is 1. The Bertz CT molecular complexity index is 297. The molecule has 0 N–H and O–H groups in total. The first-order chi connectivity index (χ1) is 6.66. The Morgan fingerprint density at radius 1 is 1.43 bits per heavy atom. The predicted octanol–water partition coefficient (Wildman–Crippen LogP) is 2.67. The lowest BCUT2D eigenvalue weighted by atomic mass is 10.2. The lowest BCUT2D eigenvalue weighted by molar-refractivity contribution is -0.117. The smallest absolute Gasteiger partial charge is 0.244 e. The van der Waals surface area contributed by atoms with Crippen molar-refractivity contribution in [1.82, 2.24) is 0 Å². The van der Waals surface area contributed by atoms with Gasteiger partial charge in [-0.15, -0.1) is 11.6 Å². The van der Waals surface area contributed by atoms with Crippen molar-refractivity contribution in [2.45, 2.75) is 19.2 Å². The topological polar surface area (TPSA) is 20.3 Å². The lowest BCUT2D eigenvalue weighted by Gasteiger charge is -2.21. The summed E-state index contributed by atoms with van der Waals surface area (Å²) in [6.07, 6.45) is 0. The molecule has 1 aromatic carbocycles. The molecule has 0 saturated carbocycles. The van der Waals surface area contributed by atoms with E-state index in [0.29, 0.717) is 6.54 Å². The first-order valence-corrected chi connectivity index (χ1v) is 5.11. The molecular weight excluding hydrogens is 198 g/mol. The Kier molecular flexibility index (Phi) is 3.96. The van der Waals surface area contributed by atoms with Crippen LogP contribution in [0.5, 0.6) is 0 Å². The average Bonchev–Trinajstić information content (AvgIpc) is 2.20. The molecule has 0 saturated heterocycles. The van der Waals surface area contributed by atoms with Gasteiger partial charge in [-0.1, -0.05) is 18.2 Å². The molecule has 0 aromatic heterocycles. The number of amides is 1. The summed E-state index contributed by atoms with van der Waals surface area (Å²) >= 11 is 5.76. The van der Waals surface area contributed by atoms with Crippen LogP contribution in [0.15, 0.2) is 30.3 Å². The molecule has 14 heavy (non-hydrogen) atoms. The fourth-order valence-corrected chi connectivity index (χ4v) is 1.41. The van der Waals surface area contributed by atoms with E-state index >= 15 is 0 Å². The molecule has 0 aliphatic heterocycles. The number of carbonyl (C=O) groups is 1. The van der Waals surface area contributed by atoms with Gasteiger partial charge in [-0.25, -0.2) is 0 Å². The molecule has 0 fully saturated rings. The molecule has 0 aliphatic rings. The highest BCUT2D eigenvalue weighted by molar-refractivity contribution is 6.32. The second-order valence-corrected chi connectivity index (χ2v) is 3.69.